The molecule has 0 aliphatic carbocycles. The molecule has 2 unspecified atom stereocenters. The molecule has 0 fully saturated rings. The predicted molar refractivity (Wildman–Crippen MR) is 207 cm³/mol. The minimum Gasteiger partial charge on any atom is -0.462 e. The molecule has 0 saturated heterocycles. The third-order valence-corrected chi connectivity index (χ3v) is 9.15. The number of phosphoric acid groups is 1. The molecule has 0 rings (SSSR count). The Balaban J connectivity index is 4.16. The first-order valence-electron chi connectivity index (χ1n) is 19.9. The normalized spacial score (nSPS) is 13.9. The Kier molecular flexibility index (Phi) is 35.3. The second kappa shape index (κ2) is 36.8. The second-order valence-electron chi connectivity index (χ2n) is 12.9. The molecule has 0 aromatic rings. The van der Waals surface area contributed by atoms with Gasteiger partial charge in [0, 0.05) is 12.8 Å². The van der Waals surface area contributed by atoms with E-state index in [1.165, 1.54) is 51.4 Å². The summed E-state index contributed by atoms with van der Waals surface area (Å²) in [7, 11) is -4.28. The maximum Gasteiger partial charge on any atom is 0.472 e. The lowest BCUT2D eigenvalue weighted by Crippen LogP contribution is -2.29. The monoisotopic (exact) mass is 725 g/mol. The van der Waals surface area contributed by atoms with Crippen molar-refractivity contribution in [2.45, 2.75) is 181 Å². The minimum atomic E-state index is -4.28. The van der Waals surface area contributed by atoms with E-state index < -0.39 is 26.5 Å². The highest BCUT2D eigenvalue weighted by atomic mass is 31.2. The van der Waals surface area contributed by atoms with E-state index in [4.69, 9.17) is 18.5 Å². The maximum absolute atomic E-state index is 12.5. The quantitative estimate of drug-likeness (QED) is 0.0294. The molecule has 0 amide bonds. The lowest BCUT2D eigenvalue weighted by Gasteiger charge is -2.19. The van der Waals surface area contributed by atoms with E-state index in [1.807, 2.05) is 0 Å². The Bertz CT molecular complexity index is 958. The summed E-state index contributed by atoms with van der Waals surface area (Å²) in [6, 6.07) is 0. The number of hydrogen-bond acceptors (Lipinski definition) is 7. The van der Waals surface area contributed by atoms with Crippen LogP contribution in [0.4, 0.5) is 0 Å². The van der Waals surface area contributed by atoms with Gasteiger partial charge in [0.15, 0.2) is 6.10 Å². The molecular weight excluding hydrogens is 651 g/mol. The van der Waals surface area contributed by atoms with E-state index in [0.29, 0.717) is 6.42 Å². The molecule has 1 N–H and O–H groups in total. The van der Waals surface area contributed by atoms with Gasteiger partial charge in [-0.2, -0.15) is 0 Å². The molecule has 0 bridgehead atoms. The van der Waals surface area contributed by atoms with Crippen molar-refractivity contribution in [1.82, 2.24) is 0 Å². The van der Waals surface area contributed by atoms with Crippen LogP contribution in [0.1, 0.15) is 175 Å². The molecule has 2 atom stereocenters. The molecule has 0 radical (unpaired) electrons. The number of carbonyl (C=O) groups is 2. The first-order chi connectivity index (χ1) is 24.3. The average Bonchev–Trinajstić information content (AvgIpc) is 3.09. The van der Waals surface area contributed by atoms with Gasteiger partial charge in [-0.05, 0) is 77.6 Å². The fraction of sp³-hybridized carbons (Fsp3) is 0.756. The lowest BCUT2D eigenvalue weighted by atomic mass is 10.1. The fourth-order valence-corrected chi connectivity index (χ4v) is 5.92. The standard InChI is InChI=1S/C41H73O8P/c1-4-7-9-11-13-15-17-19-20-21-22-24-26-28-30-32-34-36-41(43)49-39(38-48-50(44,45)47-6-3)37-46-40(42)35-33-31-29-27-25-23-18-16-14-12-10-8-5-2/h10,12-13,15-16,18-20,39H,4-9,11,14,17,21-38H2,1-3H3,(H,44,45)/b12-10-,15-13-,18-16-,20-19-. The maximum atomic E-state index is 12.5. The third kappa shape index (κ3) is 35.8. The topological polar surface area (TPSA) is 108 Å². The number of phosphoric ester groups is 1. The van der Waals surface area contributed by atoms with Crippen molar-refractivity contribution in [1.29, 1.82) is 0 Å². The van der Waals surface area contributed by atoms with Crippen molar-refractivity contribution in [3.8, 4) is 0 Å². The van der Waals surface area contributed by atoms with Crippen LogP contribution in [0.3, 0.4) is 0 Å². The molecule has 0 heterocycles. The highest BCUT2D eigenvalue weighted by Gasteiger charge is 2.25. The Morgan fingerprint density at radius 1 is 0.540 bits per heavy atom. The summed E-state index contributed by atoms with van der Waals surface area (Å²) in [6.45, 7) is 5.34. The van der Waals surface area contributed by atoms with Crippen molar-refractivity contribution in [3.63, 3.8) is 0 Å². The fourth-order valence-electron chi connectivity index (χ4n) is 5.17. The van der Waals surface area contributed by atoms with Gasteiger partial charge in [-0.25, -0.2) is 4.57 Å². The Morgan fingerprint density at radius 2 is 1.00 bits per heavy atom. The van der Waals surface area contributed by atoms with E-state index in [2.05, 4.69) is 62.5 Å². The summed E-state index contributed by atoms with van der Waals surface area (Å²) in [5.74, 6) is -0.826. The molecule has 0 aromatic carbocycles. The van der Waals surface area contributed by atoms with Crippen LogP contribution < -0.4 is 0 Å². The van der Waals surface area contributed by atoms with Crippen LogP contribution in [0, 0.1) is 0 Å². The van der Waals surface area contributed by atoms with Gasteiger partial charge in [0.05, 0.1) is 13.2 Å². The summed E-state index contributed by atoms with van der Waals surface area (Å²) in [5, 5.41) is 0. The van der Waals surface area contributed by atoms with Gasteiger partial charge in [0.1, 0.15) is 6.61 Å². The third-order valence-electron chi connectivity index (χ3n) is 8.09. The zero-order chi connectivity index (χ0) is 36.8. The molecule has 0 aliphatic rings. The van der Waals surface area contributed by atoms with Crippen molar-refractivity contribution < 1.29 is 37.6 Å². The second-order valence-corrected chi connectivity index (χ2v) is 14.4. The largest absolute Gasteiger partial charge is 0.472 e. The molecule has 0 spiro atoms. The van der Waals surface area contributed by atoms with Crippen molar-refractivity contribution in [2.24, 2.45) is 0 Å². The Labute approximate surface area is 306 Å². The van der Waals surface area contributed by atoms with Crippen molar-refractivity contribution >= 4 is 19.8 Å². The molecule has 0 aliphatic heterocycles. The molecule has 0 saturated carbocycles. The van der Waals surface area contributed by atoms with E-state index >= 15 is 0 Å². The van der Waals surface area contributed by atoms with E-state index in [0.717, 1.165) is 83.5 Å². The van der Waals surface area contributed by atoms with E-state index in [1.54, 1.807) is 6.92 Å². The van der Waals surface area contributed by atoms with Gasteiger partial charge >= 0.3 is 19.8 Å². The SMILES string of the molecule is CCC/C=C\C/C=C\CCCCCCCC(=O)OCC(COP(=O)(O)OCC)OC(=O)CCCCCCCCC/C=C\C/C=C\CCCCC. The van der Waals surface area contributed by atoms with Crippen LogP contribution in [0.5, 0.6) is 0 Å². The first kappa shape index (κ1) is 48.0. The average molecular weight is 725 g/mol. The number of hydrogen-bond donors (Lipinski definition) is 1. The van der Waals surface area contributed by atoms with Crippen LogP contribution in [0.15, 0.2) is 48.6 Å². The molecule has 290 valence electrons. The number of unbranched alkanes of at least 4 members (excludes halogenated alkanes) is 16. The zero-order valence-corrected chi connectivity index (χ0v) is 32.9. The van der Waals surface area contributed by atoms with Crippen LogP contribution in [-0.2, 0) is 32.7 Å². The molecule has 0 aromatic heterocycles. The van der Waals surface area contributed by atoms with Gasteiger partial charge in [-0.3, -0.25) is 18.6 Å². The van der Waals surface area contributed by atoms with Gasteiger partial charge in [0.25, 0.3) is 0 Å². The molecule has 50 heavy (non-hydrogen) atoms. The van der Waals surface area contributed by atoms with Crippen molar-refractivity contribution in [3.05, 3.63) is 48.6 Å². The van der Waals surface area contributed by atoms with Crippen LogP contribution in [0.2, 0.25) is 0 Å². The lowest BCUT2D eigenvalue weighted by molar-refractivity contribution is -0.161. The van der Waals surface area contributed by atoms with Gasteiger partial charge in [0.2, 0.25) is 0 Å². The number of rotatable bonds is 36. The number of ether oxygens (including phenoxy) is 2. The van der Waals surface area contributed by atoms with Gasteiger partial charge in [-0.15, -0.1) is 0 Å². The molecule has 9 heteroatoms. The van der Waals surface area contributed by atoms with Crippen LogP contribution in [-0.4, -0.2) is 42.8 Å². The summed E-state index contributed by atoms with van der Waals surface area (Å²) >= 11 is 0. The summed E-state index contributed by atoms with van der Waals surface area (Å²) < 4.78 is 32.5. The van der Waals surface area contributed by atoms with E-state index in [-0.39, 0.29) is 32.0 Å². The zero-order valence-electron chi connectivity index (χ0n) is 32.0. The molecule has 8 nitrogen and oxygen atoms in total. The Hall–Kier alpha value is -1.99. The Morgan fingerprint density at radius 3 is 1.50 bits per heavy atom. The number of esters is 2. The highest BCUT2D eigenvalue weighted by Crippen LogP contribution is 2.43. The predicted octanol–water partition coefficient (Wildman–Crippen LogP) is 12.2. The minimum absolute atomic E-state index is 0.00515. The van der Waals surface area contributed by atoms with Crippen LogP contribution >= 0.6 is 7.82 Å². The van der Waals surface area contributed by atoms with Gasteiger partial charge in [-0.1, -0.05) is 133 Å². The van der Waals surface area contributed by atoms with Crippen LogP contribution in [0.25, 0.3) is 0 Å². The first-order valence-corrected chi connectivity index (χ1v) is 21.4. The number of carbonyl (C=O) groups excluding carboxylic acids is 2. The van der Waals surface area contributed by atoms with Gasteiger partial charge < -0.3 is 14.4 Å². The highest BCUT2D eigenvalue weighted by molar-refractivity contribution is 7.47. The summed E-state index contributed by atoms with van der Waals surface area (Å²) in [4.78, 5) is 34.6. The summed E-state index contributed by atoms with van der Waals surface area (Å²) in [5.41, 5.74) is 0. The smallest absolute Gasteiger partial charge is 0.462 e. The van der Waals surface area contributed by atoms with E-state index in [9.17, 15) is 19.0 Å². The molecular formula is C41H73O8P. The number of allylic oxidation sites excluding steroid dienone is 8. The van der Waals surface area contributed by atoms with Crippen molar-refractivity contribution in [2.75, 3.05) is 19.8 Å². The summed E-state index contributed by atoms with van der Waals surface area (Å²) in [6.07, 6.45) is 41.6.